The summed E-state index contributed by atoms with van der Waals surface area (Å²) in [7, 11) is 1.62. The molecule has 0 bridgehead atoms. The second-order valence-electron chi connectivity index (χ2n) is 2.55. The lowest BCUT2D eigenvalue weighted by Gasteiger charge is -1.99. The lowest BCUT2D eigenvalue weighted by atomic mass is 10.5. The van der Waals surface area contributed by atoms with Crippen molar-refractivity contribution in [2.24, 2.45) is 9.98 Å². The summed E-state index contributed by atoms with van der Waals surface area (Å²) in [4.78, 5) is 7.51. The molecule has 0 saturated heterocycles. The normalized spacial score (nSPS) is 11.4. The zero-order valence-electron chi connectivity index (χ0n) is 8.01. The summed E-state index contributed by atoms with van der Waals surface area (Å²) in [6, 6.07) is 0. The van der Waals surface area contributed by atoms with Crippen LogP contribution in [0.2, 0.25) is 0 Å². The van der Waals surface area contributed by atoms with Crippen molar-refractivity contribution in [3.63, 3.8) is 0 Å². The van der Waals surface area contributed by atoms with Crippen LogP contribution in [0.3, 0.4) is 0 Å². The maximum atomic E-state index is 8.67. The molecule has 6 nitrogen and oxygen atoms in total. The molecule has 0 radical (unpaired) electrons. The molecule has 76 valence electrons. The van der Waals surface area contributed by atoms with Crippen LogP contribution < -0.4 is 5.32 Å². The first-order chi connectivity index (χ1) is 6.80. The van der Waals surface area contributed by atoms with Crippen LogP contribution in [0.4, 0.5) is 5.69 Å². The fraction of sp³-hybridized carbons (Fsp3) is 0.375. The van der Waals surface area contributed by atoms with Gasteiger partial charge in [0.05, 0.1) is 25.0 Å². The van der Waals surface area contributed by atoms with E-state index in [-0.39, 0.29) is 6.61 Å². The van der Waals surface area contributed by atoms with E-state index in [4.69, 9.17) is 5.11 Å². The van der Waals surface area contributed by atoms with Crippen molar-refractivity contribution in [2.45, 2.75) is 6.54 Å². The number of nitrogens with zero attached hydrogens (tertiary/aromatic N) is 4. The molecule has 0 aromatic carbocycles. The first-order valence-corrected chi connectivity index (χ1v) is 4.14. The quantitative estimate of drug-likeness (QED) is 0.525. The predicted octanol–water partition coefficient (Wildman–Crippen LogP) is -0.0263. The molecule has 2 N–H and O–H groups in total. The van der Waals surface area contributed by atoms with Crippen LogP contribution >= 0.6 is 0 Å². The van der Waals surface area contributed by atoms with Crippen LogP contribution in [0.15, 0.2) is 22.4 Å². The zero-order valence-corrected chi connectivity index (χ0v) is 8.01. The molecule has 0 saturated carbocycles. The van der Waals surface area contributed by atoms with Crippen LogP contribution in [0.5, 0.6) is 0 Å². The maximum Gasteiger partial charge on any atom is 0.221 e. The number of rotatable bonds is 3. The van der Waals surface area contributed by atoms with E-state index in [2.05, 4.69) is 27.1 Å². The number of anilines is 1. The van der Waals surface area contributed by atoms with Crippen molar-refractivity contribution >= 4 is 18.4 Å². The molecule has 0 spiro atoms. The molecule has 0 aliphatic carbocycles. The third-order valence-corrected chi connectivity index (χ3v) is 1.58. The highest BCUT2D eigenvalue weighted by atomic mass is 16.3. The van der Waals surface area contributed by atoms with Gasteiger partial charge in [0.15, 0.2) is 0 Å². The summed E-state index contributed by atoms with van der Waals surface area (Å²) < 4.78 is 1.62. The van der Waals surface area contributed by atoms with Gasteiger partial charge >= 0.3 is 0 Å². The lowest BCUT2D eigenvalue weighted by molar-refractivity contribution is 0.269. The molecule has 6 heteroatoms. The van der Waals surface area contributed by atoms with Crippen molar-refractivity contribution in [1.29, 1.82) is 0 Å². The summed E-state index contributed by atoms with van der Waals surface area (Å²) in [6.07, 6.45) is 3.39. The number of hydrogen-bond donors (Lipinski definition) is 2. The second kappa shape index (κ2) is 5.13. The van der Waals surface area contributed by atoms with Crippen molar-refractivity contribution in [3.05, 3.63) is 12.4 Å². The Kier molecular flexibility index (Phi) is 3.81. The molecule has 0 aliphatic rings. The third kappa shape index (κ3) is 2.67. The topological polar surface area (TPSA) is 74.8 Å². The molecule has 0 aliphatic heterocycles. The fourth-order valence-electron chi connectivity index (χ4n) is 0.948. The number of hydrogen-bond acceptors (Lipinski definition) is 3. The number of nitrogens with one attached hydrogen (secondary N) is 1. The smallest absolute Gasteiger partial charge is 0.221 e. The summed E-state index contributed by atoms with van der Waals surface area (Å²) >= 11 is 0. The molecule has 0 fully saturated rings. The lowest BCUT2D eigenvalue weighted by Crippen LogP contribution is -2.07. The number of aliphatic hydroxyl groups excluding tert-OH is 1. The Labute approximate surface area is 82.0 Å². The number of guanidine groups is 1. The molecular formula is C8H13N5O. The summed E-state index contributed by atoms with van der Waals surface area (Å²) in [5.41, 5.74) is 0.770. The van der Waals surface area contributed by atoms with Gasteiger partial charge < -0.3 is 10.4 Å². The first-order valence-electron chi connectivity index (χ1n) is 4.14. The van der Waals surface area contributed by atoms with Gasteiger partial charge in [-0.2, -0.15) is 5.10 Å². The molecule has 1 aromatic heterocycles. The highest BCUT2D eigenvalue weighted by molar-refractivity contribution is 5.96. The Morgan fingerprint density at radius 2 is 2.57 bits per heavy atom. The number of aromatic nitrogens is 2. The van der Waals surface area contributed by atoms with Crippen molar-refractivity contribution < 1.29 is 5.11 Å². The van der Waals surface area contributed by atoms with Crippen LogP contribution in [0.25, 0.3) is 0 Å². The Morgan fingerprint density at radius 3 is 3.14 bits per heavy atom. The van der Waals surface area contributed by atoms with Crippen molar-refractivity contribution in [2.75, 3.05) is 19.0 Å². The average Bonchev–Trinajstić information content (AvgIpc) is 2.63. The molecular weight excluding hydrogens is 182 g/mol. The molecule has 14 heavy (non-hydrogen) atoms. The zero-order chi connectivity index (χ0) is 10.4. The molecule has 1 rings (SSSR count). The highest BCUT2D eigenvalue weighted by Crippen LogP contribution is 2.04. The van der Waals surface area contributed by atoms with E-state index in [0.29, 0.717) is 12.5 Å². The van der Waals surface area contributed by atoms with Crippen LogP contribution in [-0.4, -0.2) is 41.2 Å². The van der Waals surface area contributed by atoms with E-state index in [1.165, 1.54) is 0 Å². The third-order valence-electron chi connectivity index (χ3n) is 1.58. The van der Waals surface area contributed by atoms with Gasteiger partial charge in [0.25, 0.3) is 0 Å². The van der Waals surface area contributed by atoms with E-state index >= 15 is 0 Å². The standard InChI is InChI=1S/C8H13N5O/c1-9-8(10-2)12-7-5-11-13(6-7)3-4-14/h5-6,14H,1,3-4H2,2H3,(H,10,12). The summed E-state index contributed by atoms with van der Waals surface area (Å²) in [6.45, 7) is 3.90. The Morgan fingerprint density at radius 1 is 1.79 bits per heavy atom. The van der Waals surface area contributed by atoms with E-state index in [1.807, 2.05) is 0 Å². The molecule has 0 amide bonds. The SMILES string of the molecule is C=NC(=NC)Nc1cnn(CCO)c1. The first kappa shape index (κ1) is 10.4. The van der Waals surface area contributed by atoms with Crippen LogP contribution in [-0.2, 0) is 6.54 Å². The van der Waals surface area contributed by atoms with Crippen LogP contribution in [0, 0.1) is 0 Å². The maximum absolute atomic E-state index is 8.67. The van der Waals surface area contributed by atoms with Gasteiger partial charge in [-0.25, -0.2) is 4.99 Å². The van der Waals surface area contributed by atoms with E-state index in [1.54, 1.807) is 24.1 Å². The number of aliphatic hydroxyl groups is 1. The average molecular weight is 195 g/mol. The largest absolute Gasteiger partial charge is 0.394 e. The fourth-order valence-corrected chi connectivity index (χ4v) is 0.948. The summed E-state index contributed by atoms with van der Waals surface area (Å²) in [5.74, 6) is 0.438. The predicted molar refractivity (Wildman–Crippen MR) is 55.8 cm³/mol. The van der Waals surface area contributed by atoms with Gasteiger partial charge in [0.2, 0.25) is 5.96 Å². The minimum absolute atomic E-state index is 0.0650. The minimum Gasteiger partial charge on any atom is -0.394 e. The highest BCUT2D eigenvalue weighted by Gasteiger charge is 1.99. The van der Waals surface area contributed by atoms with Gasteiger partial charge in [-0.1, -0.05) is 0 Å². The van der Waals surface area contributed by atoms with Gasteiger partial charge in [-0.15, -0.1) is 0 Å². The Bertz CT molecular complexity index is 330. The van der Waals surface area contributed by atoms with Gasteiger partial charge in [0.1, 0.15) is 0 Å². The molecule has 1 aromatic rings. The summed E-state index contributed by atoms with van der Waals surface area (Å²) in [5, 5.41) is 15.6. The van der Waals surface area contributed by atoms with Gasteiger partial charge in [0, 0.05) is 13.2 Å². The minimum atomic E-state index is 0.0650. The molecule has 1 heterocycles. The number of aliphatic imine (C=N–C) groups is 2. The monoisotopic (exact) mass is 195 g/mol. The second-order valence-corrected chi connectivity index (χ2v) is 2.55. The molecule has 0 unspecified atom stereocenters. The Hall–Kier alpha value is -1.69. The van der Waals surface area contributed by atoms with Gasteiger partial charge in [-0.05, 0) is 6.72 Å². The van der Waals surface area contributed by atoms with E-state index in [0.717, 1.165) is 5.69 Å². The van der Waals surface area contributed by atoms with Crippen LogP contribution in [0.1, 0.15) is 0 Å². The van der Waals surface area contributed by atoms with Gasteiger partial charge in [-0.3, -0.25) is 9.67 Å². The Balaban J connectivity index is 2.63. The van der Waals surface area contributed by atoms with E-state index < -0.39 is 0 Å². The van der Waals surface area contributed by atoms with E-state index in [9.17, 15) is 0 Å². The molecule has 0 atom stereocenters. The van der Waals surface area contributed by atoms with Crippen molar-refractivity contribution in [1.82, 2.24) is 9.78 Å². The van der Waals surface area contributed by atoms with Crippen molar-refractivity contribution in [3.8, 4) is 0 Å².